The number of ether oxygens (including phenoxy) is 1. The van der Waals surface area contributed by atoms with Gasteiger partial charge in [-0.2, -0.15) is 0 Å². The van der Waals surface area contributed by atoms with Crippen LogP contribution >= 0.6 is 12.2 Å². The van der Waals surface area contributed by atoms with Gasteiger partial charge in [0.15, 0.2) is 5.11 Å². The summed E-state index contributed by atoms with van der Waals surface area (Å²) in [7, 11) is 1.82. The maximum Gasteiger partial charge on any atom is 0.338 e. The van der Waals surface area contributed by atoms with Crippen molar-refractivity contribution in [2.75, 3.05) is 19.0 Å². The number of hydrogen-bond donors (Lipinski definition) is 2. The van der Waals surface area contributed by atoms with Crippen molar-refractivity contribution in [3.63, 3.8) is 0 Å². The molecule has 0 bridgehead atoms. The molecule has 1 saturated carbocycles. The molecule has 1 aliphatic carbocycles. The van der Waals surface area contributed by atoms with Gasteiger partial charge in [0.05, 0.1) is 18.2 Å². The molecule has 1 aliphatic heterocycles. The van der Waals surface area contributed by atoms with Crippen molar-refractivity contribution in [1.82, 2.24) is 10.2 Å². The largest absolute Gasteiger partial charge is 0.463 e. The zero-order valence-corrected chi connectivity index (χ0v) is 18.8. The summed E-state index contributed by atoms with van der Waals surface area (Å²) in [4.78, 5) is 26.6. The molecule has 1 atom stereocenters. The summed E-state index contributed by atoms with van der Waals surface area (Å²) in [5.41, 5.74) is 2.95. The normalized spacial score (nSPS) is 19.6. The van der Waals surface area contributed by atoms with E-state index < -0.39 is 0 Å². The van der Waals surface area contributed by atoms with Gasteiger partial charge >= 0.3 is 5.97 Å². The quantitative estimate of drug-likeness (QED) is 0.498. The smallest absolute Gasteiger partial charge is 0.338 e. The Kier molecular flexibility index (Phi) is 7.48. The van der Waals surface area contributed by atoms with Crippen LogP contribution < -0.4 is 10.6 Å². The molecule has 0 saturated heterocycles. The van der Waals surface area contributed by atoms with E-state index in [9.17, 15) is 9.59 Å². The monoisotopic (exact) mass is 429 g/mol. The Hall–Kier alpha value is -2.41. The second kappa shape index (κ2) is 10.1. The Balaban J connectivity index is 1.69. The molecule has 7 heteroatoms. The highest BCUT2D eigenvalue weighted by atomic mass is 32.1. The van der Waals surface area contributed by atoms with Crippen molar-refractivity contribution < 1.29 is 14.3 Å². The number of anilines is 1. The lowest BCUT2D eigenvalue weighted by Crippen LogP contribution is -2.46. The molecule has 1 aromatic carbocycles. The van der Waals surface area contributed by atoms with E-state index in [2.05, 4.69) is 10.6 Å². The Morgan fingerprint density at radius 1 is 1.23 bits per heavy atom. The van der Waals surface area contributed by atoms with Gasteiger partial charge in [0.2, 0.25) is 5.91 Å². The third-order valence-electron chi connectivity index (χ3n) is 6.03. The van der Waals surface area contributed by atoms with Gasteiger partial charge in [0.25, 0.3) is 0 Å². The molecule has 2 N–H and O–H groups in total. The molecule has 0 aromatic heterocycles. The Labute approximate surface area is 184 Å². The highest BCUT2D eigenvalue weighted by Crippen LogP contribution is 2.32. The first-order chi connectivity index (χ1) is 14.4. The maximum absolute atomic E-state index is 12.6. The number of carbonyl (C=O) groups excluding carboxylic acids is 2. The minimum absolute atomic E-state index is 0.0520. The Bertz CT molecular complexity index is 829. The number of allylic oxidation sites excluding steroid dienone is 1. The van der Waals surface area contributed by atoms with E-state index in [1.54, 1.807) is 11.8 Å². The first kappa shape index (κ1) is 22.3. The summed E-state index contributed by atoms with van der Waals surface area (Å²) in [6, 6.07) is 7.16. The lowest BCUT2D eigenvalue weighted by molar-refractivity contribution is -0.139. The second-order valence-electron chi connectivity index (χ2n) is 8.02. The molecule has 1 heterocycles. The van der Waals surface area contributed by atoms with Gasteiger partial charge in [-0.1, -0.05) is 37.8 Å². The highest BCUT2D eigenvalue weighted by Gasteiger charge is 2.33. The van der Waals surface area contributed by atoms with E-state index in [0.29, 0.717) is 29.6 Å². The van der Waals surface area contributed by atoms with Gasteiger partial charge in [0.1, 0.15) is 0 Å². The predicted molar refractivity (Wildman–Crippen MR) is 122 cm³/mol. The number of esters is 1. The number of nitrogens with zero attached hydrogens (tertiary/aromatic N) is 1. The number of carbonyl (C=O) groups is 2. The number of nitrogens with one attached hydrogen (secondary N) is 2. The van der Waals surface area contributed by atoms with E-state index in [1.165, 1.54) is 25.7 Å². The molecule has 0 radical (unpaired) electrons. The lowest BCUT2D eigenvalue weighted by Gasteiger charge is -2.35. The molecule has 3 rings (SSSR count). The van der Waals surface area contributed by atoms with Crippen molar-refractivity contribution in [2.24, 2.45) is 5.92 Å². The van der Waals surface area contributed by atoms with Crippen molar-refractivity contribution in [3.05, 3.63) is 41.1 Å². The summed E-state index contributed by atoms with van der Waals surface area (Å²) in [6.07, 6.45) is 6.63. The van der Waals surface area contributed by atoms with Gasteiger partial charge in [-0.3, -0.25) is 4.79 Å². The van der Waals surface area contributed by atoms with Crippen molar-refractivity contribution >= 4 is 34.9 Å². The van der Waals surface area contributed by atoms with Crippen LogP contribution in [0, 0.1) is 5.92 Å². The van der Waals surface area contributed by atoms with Crippen LogP contribution in [0.2, 0.25) is 0 Å². The first-order valence-electron chi connectivity index (χ1n) is 10.7. The van der Waals surface area contributed by atoms with Crippen LogP contribution in [0.15, 0.2) is 35.5 Å². The van der Waals surface area contributed by atoms with Gasteiger partial charge in [-0.15, -0.1) is 0 Å². The van der Waals surface area contributed by atoms with Crippen LogP contribution in [0.4, 0.5) is 5.69 Å². The fourth-order valence-corrected chi connectivity index (χ4v) is 4.43. The van der Waals surface area contributed by atoms with Gasteiger partial charge < -0.3 is 20.3 Å². The topological polar surface area (TPSA) is 70.7 Å². The van der Waals surface area contributed by atoms with Crippen molar-refractivity contribution in [2.45, 2.75) is 58.4 Å². The first-order valence-corrected chi connectivity index (χ1v) is 11.1. The molecule has 162 valence electrons. The van der Waals surface area contributed by atoms with E-state index in [1.807, 2.05) is 38.2 Å². The summed E-state index contributed by atoms with van der Waals surface area (Å²) < 4.78 is 5.27. The van der Waals surface area contributed by atoms with Crippen molar-refractivity contribution in [1.29, 1.82) is 0 Å². The zero-order valence-electron chi connectivity index (χ0n) is 18.0. The molecule has 1 aromatic rings. The van der Waals surface area contributed by atoms with Crippen LogP contribution in [0.3, 0.4) is 0 Å². The number of amides is 1. The van der Waals surface area contributed by atoms with E-state index in [4.69, 9.17) is 17.0 Å². The Morgan fingerprint density at radius 3 is 2.53 bits per heavy atom. The summed E-state index contributed by atoms with van der Waals surface area (Å²) in [5, 5.41) is 6.75. The van der Waals surface area contributed by atoms with E-state index in [-0.39, 0.29) is 17.9 Å². The fourth-order valence-electron chi connectivity index (χ4n) is 4.18. The third kappa shape index (κ3) is 5.19. The SMILES string of the molecule is CCOC(=O)C1=C(C)N(C)C(=S)NC1c1ccc(NC(=O)CCC2CCCC2)cc1. The summed E-state index contributed by atoms with van der Waals surface area (Å²) in [6.45, 7) is 3.96. The molecule has 30 heavy (non-hydrogen) atoms. The number of thiocarbonyl (C=S) groups is 1. The van der Waals surface area contributed by atoms with Crippen molar-refractivity contribution in [3.8, 4) is 0 Å². The summed E-state index contributed by atoms with van der Waals surface area (Å²) >= 11 is 5.42. The molecule has 1 fully saturated rings. The third-order valence-corrected chi connectivity index (χ3v) is 6.42. The minimum atomic E-state index is -0.389. The molecular formula is C23H31N3O3S. The molecule has 1 unspecified atom stereocenters. The van der Waals surface area contributed by atoms with Crippen LogP contribution in [0.1, 0.15) is 64.0 Å². The molecule has 6 nitrogen and oxygen atoms in total. The Morgan fingerprint density at radius 2 is 1.90 bits per heavy atom. The molecule has 2 aliphatic rings. The van der Waals surface area contributed by atoms with Crippen LogP contribution in [0.25, 0.3) is 0 Å². The zero-order chi connectivity index (χ0) is 21.7. The van der Waals surface area contributed by atoms with Gasteiger partial charge in [0, 0.05) is 24.9 Å². The highest BCUT2D eigenvalue weighted by molar-refractivity contribution is 7.80. The van der Waals surface area contributed by atoms with Gasteiger partial charge in [-0.25, -0.2) is 4.79 Å². The average molecular weight is 430 g/mol. The lowest BCUT2D eigenvalue weighted by atomic mass is 9.95. The number of rotatable bonds is 7. The standard InChI is InChI=1S/C23H31N3O3S/c1-4-29-22(28)20-15(2)26(3)23(30)25-21(20)17-10-12-18(13-11-17)24-19(27)14-9-16-7-5-6-8-16/h10-13,16,21H,4-9,14H2,1-3H3,(H,24,27)(H,25,30). The number of hydrogen-bond acceptors (Lipinski definition) is 4. The fraction of sp³-hybridized carbons (Fsp3) is 0.522. The minimum Gasteiger partial charge on any atom is -0.463 e. The van der Waals surface area contributed by atoms with E-state index >= 15 is 0 Å². The molecular weight excluding hydrogens is 398 g/mol. The maximum atomic E-state index is 12.6. The summed E-state index contributed by atoms with van der Waals surface area (Å²) in [5.74, 6) is 0.399. The van der Waals surface area contributed by atoms with Gasteiger partial charge in [-0.05, 0) is 56.1 Å². The second-order valence-corrected chi connectivity index (χ2v) is 8.41. The average Bonchev–Trinajstić information content (AvgIpc) is 3.24. The predicted octanol–water partition coefficient (Wildman–Crippen LogP) is 4.29. The van der Waals surface area contributed by atoms with E-state index in [0.717, 1.165) is 23.4 Å². The van der Waals surface area contributed by atoms with Crippen LogP contribution in [-0.4, -0.2) is 35.5 Å². The van der Waals surface area contributed by atoms with Crippen LogP contribution in [0.5, 0.6) is 0 Å². The molecule has 0 spiro atoms. The van der Waals surface area contributed by atoms with Crippen LogP contribution in [-0.2, 0) is 14.3 Å². The number of benzene rings is 1. The molecule has 1 amide bonds.